The Labute approximate surface area is 250 Å². The third-order valence-electron chi connectivity index (χ3n) is 6.66. The van der Waals surface area contributed by atoms with Crippen LogP contribution in [0.25, 0.3) is 0 Å². The molecule has 7 heteroatoms. The summed E-state index contributed by atoms with van der Waals surface area (Å²) in [6.07, 6.45) is -0.178. The van der Waals surface area contributed by atoms with Crippen molar-refractivity contribution in [1.82, 2.24) is 0 Å². The molecule has 0 radical (unpaired) electrons. The molecule has 214 valence electrons. The fraction of sp³-hybridized carbons (Fsp3) is 0.200. The molecule has 0 saturated carbocycles. The summed E-state index contributed by atoms with van der Waals surface area (Å²) >= 11 is 1.56. The molecular weight excluding hydrogens is 548 g/mol. The second-order valence-electron chi connectivity index (χ2n) is 9.91. The second kappa shape index (κ2) is 13.9. The van der Waals surface area contributed by atoms with Gasteiger partial charge in [0.1, 0.15) is 26.4 Å². The van der Waals surface area contributed by atoms with Gasteiger partial charge in [-0.25, -0.2) is 0 Å². The van der Waals surface area contributed by atoms with E-state index in [4.69, 9.17) is 28.4 Å². The van der Waals surface area contributed by atoms with Crippen LogP contribution in [0.2, 0.25) is 0 Å². The van der Waals surface area contributed by atoms with E-state index in [1.165, 1.54) is 0 Å². The van der Waals surface area contributed by atoms with Gasteiger partial charge in [0.2, 0.25) is 5.75 Å². The molecule has 6 nitrogen and oxygen atoms in total. The van der Waals surface area contributed by atoms with Crippen molar-refractivity contribution in [1.29, 1.82) is 0 Å². The SMILES string of the molecule is c1ccc(COc2cc(COCC3COc4cscc4O3)cc(OCc3ccccc3)c2OCc2ccccc2)cc1. The lowest BCUT2D eigenvalue weighted by atomic mass is 10.1. The molecule has 42 heavy (non-hydrogen) atoms. The maximum absolute atomic E-state index is 6.39. The van der Waals surface area contributed by atoms with Crippen LogP contribution in [0.5, 0.6) is 28.7 Å². The number of rotatable bonds is 13. The topological polar surface area (TPSA) is 55.4 Å². The standard InChI is InChI=1S/C35H32O6S/c1-4-10-26(11-5-1)19-37-31-16-29(18-36-22-30-23-39-33-24-42-25-34(33)41-30)17-32(38-20-27-12-6-2-7-13-27)35(31)40-21-28-14-8-3-9-15-28/h1-17,24-25,30H,18-23H2. The largest absolute Gasteiger partial charge is 0.485 e. The Balaban J connectivity index is 1.23. The lowest BCUT2D eigenvalue weighted by Crippen LogP contribution is -2.32. The first-order valence-electron chi connectivity index (χ1n) is 13.9. The van der Waals surface area contributed by atoms with Crippen LogP contribution in [0.15, 0.2) is 114 Å². The monoisotopic (exact) mass is 580 g/mol. The van der Waals surface area contributed by atoms with Crippen molar-refractivity contribution in [3.05, 3.63) is 136 Å². The Morgan fingerprint density at radius 1 is 0.595 bits per heavy atom. The molecule has 0 saturated heterocycles. The zero-order chi connectivity index (χ0) is 28.4. The highest BCUT2D eigenvalue weighted by atomic mass is 32.1. The van der Waals surface area contributed by atoms with Crippen molar-refractivity contribution in [3.63, 3.8) is 0 Å². The average Bonchev–Trinajstić information content (AvgIpc) is 3.52. The zero-order valence-electron chi connectivity index (χ0n) is 23.1. The number of ether oxygens (including phenoxy) is 6. The third-order valence-corrected chi connectivity index (χ3v) is 7.37. The summed E-state index contributed by atoms with van der Waals surface area (Å²) in [6.45, 7) is 2.35. The maximum atomic E-state index is 6.39. The average molecular weight is 581 g/mol. The fourth-order valence-corrected chi connectivity index (χ4v) is 5.19. The van der Waals surface area contributed by atoms with Crippen LogP contribution in [0, 0.1) is 0 Å². The van der Waals surface area contributed by atoms with Gasteiger partial charge in [-0.15, -0.1) is 11.3 Å². The lowest BCUT2D eigenvalue weighted by Gasteiger charge is -2.24. The molecule has 0 spiro atoms. The Morgan fingerprint density at radius 3 is 1.69 bits per heavy atom. The Morgan fingerprint density at radius 2 is 1.12 bits per heavy atom. The summed E-state index contributed by atoms with van der Waals surface area (Å²) in [6, 6.07) is 34.1. The van der Waals surface area contributed by atoms with Gasteiger partial charge in [0.05, 0.1) is 13.2 Å². The molecule has 0 amide bonds. The number of hydrogen-bond donors (Lipinski definition) is 0. The molecule has 1 atom stereocenters. The van der Waals surface area contributed by atoms with E-state index in [0.29, 0.717) is 56.9 Å². The predicted molar refractivity (Wildman–Crippen MR) is 163 cm³/mol. The molecule has 1 aliphatic rings. The van der Waals surface area contributed by atoms with E-state index in [1.54, 1.807) is 11.3 Å². The summed E-state index contributed by atoms with van der Waals surface area (Å²) in [5.74, 6) is 3.32. The molecule has 5 aromatic rings. The van der Waals surface area contributed by atoms with Gasteiger partial charge >= 0.3 is 0 Å². The van der Waals surface area contributed by atoms with Crippen molar-refractivity contribution in [2.45, 2.75) is 32.5 Å². The maximum Gasteiger partial charge on any atom is 0.203 e. The Kier molecular flexibility index (Phi) is 9.19. The van der Waals surface area contributed by atoms with Crippen molar-refractivity contribution in [3.8, 4) is 28.7 Å². The Hall–Kier alpha value is -4.46. The zero-order valence-corrected chi connectivity index (χ0v) is 24.0. The van der Waals surface area contributed by atoms with Crippen molar-refractivity contribution >= 4 is 11.3 Å². The van der Waals surface area contributed by atoms with Crippen molar-refractivity contribution in [2.24, 2.45) is 0 Å². The molecule has 1 aliphatic heterocycles. The summed E-state index contributed by atoms with van der Waals surface area (Å²) in [7, 11) is 0. The first-order chi connectivity index (χ1) is 20.8. The van der Waals surface area contributed by atoms with E-state index >= 15 is 0 Å². The predicted octanol–water partition coefficient (Wildman–Crippen LogP) is 7.84. The van der Waals surface area contributed by atoms with Gasteiger partial charge < -0.3 is 28.4 Å². The molecule has 0 aliphatic carbocycles. The van der Waals surface area contributed by atoms with Gasteiger partial charge in [-0.05, 0) is 34.4 Å². The van der Waals surface area contributed by atoms with E-state index in [-0.39, 0.29) is 6.10 Å². The first-order valence-corrected chi connectivity index (χ1v) is 14.8. The minimum absolute atomic E-state index is 0.178. The molecule has 0 N–H and O–H groups in total. The summed E-state index contributed by atoms with van der Waals surface area (Å²) in [4.78, 5) is 0. The minimum Gasteiger partial charge on any atom is -0.485 e. The molecule has 0 bridgehead atoms. The van der Waals surface area contributed by atoms with Crippen molar-refractivity contribution in [2.75, 3.05) is 13.2 Å². The van der Waals surface area contributed by atoms with Crippen LogP contribution in [-0.2, 0) is 31.2 Å². The normalized spacial score (nSPS) is 13.9. The molecule has 1 unspecified atom stereocenters. The smallest absolute Gasteiger partial charge is 0.203 e. The quantitative estimate of drug-likeness (QED) is 0.141. The lowest BCUT2D eigenvalue weighted by molar-refractivity contribution is 0.00322. The van der Waals surface area contributed by atoms with Gasteiger partial charge in [-0.1, -0.05) is 91.0 Å². The van der Waals surface area contributed by atoms with Crippen LogP contribution < -0.4 is 23.7 Å². The highest BCUT2D eigenvalue weighted by Crippen LogP contribution is 2.41. The van der Waals surface area contributed by atoms with Crippen molar-refractivity contribution < 1.29 is 28.4 Å². The highest BCUT2D eigenvalue weighted by Gasteiger charge is 2.22. The number of hydrogen-bond acceptors (Lipinski definition) is 7. The van der Waals surface area contributed by atoms with E-state index in [0.717, 1.165) is 33.8 Å². The summed E-state index contributed by atoms with van der Waals surface area (Å²) in [5, 5.41) is 3.89. The molecule has 6 rings (SSSR count). The van der Waals surface area contributed by atoms with Gasteiger partial charge in [-0.2, -0.15) is 0 Å². The Bertz CT molecular complexity index is 1470. The van der Waals surface area contributed by atoms with Gasteiger partial charge in [0.15, 0.2) is 29.1 Å². The third kappa shape index (κ3) is 7.43. The van der Waals surface area contributed by atoms with Gasteiger partial charge in [-0.3, -0.25) is 0 Å². The number of thiophene rings is 1. The van der Waals surface area contributed by atoms with E-state index in [9.17, 15) is 0 Å². The molecule has 2 heterocycles. The van der Waals surface area contributed by atoms with Crippen LogP contribution in [-0.4, -0.2) is 19.3 Å². The van der Waals surface area contributed by atoms with E-state index in [1.807, 2.05) is 114 Å². The number of fused-ring (bicyclic) bond motifs is 1. The van der Waals surface area contributed by atoms with Crippen LogP contribution in [0.3, 0.4) is 0 Å². The van der Waals surface area contributed by atoms with Gasteiger partial charge in [0, 0.05) is 10.8 Å². The van der Waals surface area contributed by atoms with Crippen LogP contribution >= 0.6 is 11.3 Å². The number of benzene rings is 4. The van der Waals surface area contributed by atoms with Gasteiger partial charge in [0.25, 0.3) is 0 Å². The second-order valence-corrected chi connectivity index (χ2v) is 10.7. The molecular formula is C35H32O6S. The van der Waals surface area contributed by atoms with E-state index < -0.39 is 0 Å². The first kappa shape index (κ1) is 27.7. The molecule has 4 aromatic carbocycles. The highest BCUT2D eigenvalue weighted by molar-refractivity contribution is 7.08. The van der Waals surface area contributed by atoms with Crippen LogP contribution in [0.1, 0.15) is 22.3 Å². The van der Waals surface area contributed by atoms with Crippen LogP contribution in [0.4, 0.5) is 0 Å². The molecule has 1 aromatic heterocycles. The minimum atomic E-state index is -0.178. The molecule has 0 fully saturated rings. The summed E-state index contributed by atoms with van der Waals surface area (Å²) < 4.78 is 37.0. The fourth-order valence-electron chi connectivity index (χ4n) is 4.52. The van der Waals surface area contributed by atoms with E-state index in [2.05, 4.69) is 0 Å². The summed E-state index contributed by atoms with van der Waals surface area (Å²) in [5.41, 5.74) is 4.07.